The standard InChI is InChI=1S/C16H14FNO3/c1-10-3-8-14(13(9-10)16(20)21-2)18-15(19)11-4-6-12(17)7-5-11/h3-9H,1-2H3,(H,18,19). The van der Waals surface area contributed by atoms with Crippen LogP contribution in [-0.2, 0) is 4.74 Å². The summed E-state index contributed by atoms with van der Waals surface area (Å²) in [5.74, 6) is -1.38. The highest BCUT2D eigenvalue weighted by Gasteiger charge is 2.15. The van der Waals surface area contributed by atoms with Crippen molar-refractivity contribution < 1.29 is 18.7 Å². The van der Waals surface area contributed by atoms with Crippen molar-refractivity contribution in [2.75, 3.05) is 12.4 Å². The van der Waals surface area contributed by atoms with Crippen LogP contribution in [0.1, 0.15) is 26.3 Å². The lowest BCUT2D eigenvalue weighted by molar-refractivity contribution is 0.0602. The first-order valence-electron chi connectivity index (χ1n) is 6.27. The zero-order valence-corrected chi connectivity index (χ0v) is 11.6. The largest absolute Gasteiger partial charge is 0.465 e. The molecule has 2 rings (SSSR count). The van der Waals surface area contributed by atoms with E-state index in [1.54, 1.807) is 18.2 Å². The number of aryl methyl sites for hydroxylation is 1. The van der Waals surface area contributed by atoms with Crippen molar-refractivity contribution in [2.45, 2.75) is 6.92 Å². The van der Waals surface area contributed by atoms with Crippen molar-refractivity contribution in [1.82, 2.24) is 0 Å². The first kappa shape index (κ1) is 14.7. The Morgan fingerprint density at radius 3 is 2.38 bits per heavy atom. The third-order valence-electron chi connectivity index (χ3n) is 2.93. The SMILES string of the molecule is COC(=O)c1cc(C)ccc1NC(=O)c1ccc(F)cc1. The average Bonchev–Trinajstić information content (AvgIpc) is 2.48. The second-order valence-corrected chi connectivity index (χ2v) is 4.50. The summed E-state index contributed by atoms with van der Waals surface area (Å²) in [7, 11) is 1.27. The van der Waals surface area contributed by atoms with Crippen molar-refractivity contribution in [3.8, 4) is 0 Å². The van der Waals surface area contributed by atoms with Gasteiger partial charge in [0.05, 0.1) is 18.4 Å². The molecule has 0 radical (unpaired) electrons. The molecule has 2 aromatic carbocycles. The Morgan fingerprint density at radius 2 is 1.76 bits per heavy atom. The number of hydrogen-bond acceptors (Lipinski definition) is 3. The summed E-state index contributed by atoms with van der Waals surface area (Å²) < 4.78 is 17.5. The number of methoxy groups -OCH3 is 1. The third-order valence-corrected chi connectivity index (χ3v) is 2.93. The molecular weight excluding hydrogens is 273 g/mol. The van der Waals surface area contributed by atoms with Gasteiger partial charge in [0.25, 0.3) is 5.91 Å². The van der Waals surface area contributed by atoms with Crippen LogP contribution in [0.4, 0.5) is 10.1 Å². The molecule has 21 heavy (non-hydrogen) atoms. The first-order valence-corrected chi connectivity index (χ1v) is 6.27. The van der Waals surface area contributed by atoms with E-state index in [2.05, 4.69) is 5.32 Å². The number of nitrogens with one attached hydrogen (secondary N) is 1. The predicted molar refractivity (Wildman–Crippen MR) is 76.9 cm³/mol. The van der Waals surface area contributed by atoms with Crippen LogP contribution in [0.3, 0.4) is 0 Å². The van der Waals surface area contributed by atoms with Crippen LogP contribution in [0.15, 0.2) is 42.5 Å². The van der Waals surface area contributed by atoms with Crippen LogP contribution in [0.5, 0.6) is 0 Å². The monoisotopic (exact) mass is 287 g/mol. The van der Waals surface area contributed by atoms with Gasteiger partial charge in [0.1, 0.15) is 5.82 Å². The van der Waals surface area contributed by atoms with Crippen LogP contribution < -0.4 is 5.32 Å². The van der Waals surface area contributed by atoms with E-state index in [0.29, 0.717) is 11.3 Å². The number of carbonyl (C=O) groups excluding carboxylic acids is 2. The molecule has 0 bridgehead atoms. The number of anilines is 1. The highest BCUT2D eigenvalue weighted by molar-refractivity contribution is 6.08. The molecular formula is C16H14FNO3. The van der Waals surface area contributed by atoms with Gasteiger partial charge < -0.3 is 10.1 Å². The molecule has 0 aromatic heterocycles. The summed E-state index contributed by atoms with van der Waals surface area (Å²) in [6.45, 7) is 1.83. The van der Waals surface area contributed by atoms with Gasteiger partial charge in [-0.05, 0) is 43.3 Å². The number of benzene rings is 2. The van der Waals surface area contributed by atoms with Gasteiger partial charge in [0.2, 0.25) is 0 Å². The van der Waals surface area contributed by atoms with Crippen molar-refractivity contribution in [3.05, 3.63) is 65.0 Å². The summed E-state index contributed by atoms with van der Waals surface area (Å²) in [5.41, 5.74) is 1.79. The van der Waals surface area contributed by atoms with Gasteiger partial charge in [-0.3, -0.25) is 4.79 Å². The Labute approximate surface area is 121 Å². The Morgan fingerprint density at radius 1 is 1.10 bits per heavy atom. The van der Waals surface area contributed by atoms with Crippen molar-refractivity contribution in [2.24, 2.45) is 0 Å². The van der Waals surface area contributed by atoms with Crippen LogP contribution in [0.2, 0.25) is 0 Å². The summed E-state index contributed by atoms with van der Waals surface area (Å²) in [6, 6.07) is 10.2. The van der Waals surface area contributed by atoms with Gasteiger partial charge in [0, 0.05) is 5.56 Å². The van der Waals surface area contributed by atoms with E-state index in [9.17, 15) is 14.0 Å². The minimum absolute atomic E-state index is 0.271. The number of halogens is 1. The van der Waals surface area contributed by atoms with E-state index in [0.717, 1.165) is 5.56 Å². The maximum Gasteiger partial charge on any atom is 0.339 e. The van der Waals surface area contributed by atoms with Crippen LogP contribution in [0.25, 0.3) is 0 Å². The molecule has 0 aliphatic rings. The zero-order chi connectivity index (χ0) is 15.4. The van der Waals surface area contributed by atoms with Gasteiger partial charge >= 0.3 is 5.97 Å². The molecule has 0 atom stereocenters. The van der Waals surface area contributed by atoms with Crippen molar-refractivity contribution in [3.63, 3.8) is 0 Å². The molecule has 0 fully saturated rings. The second kappa shape index (κ2) is 6.17. The number of carbonyl (C=O) groups is 2. The molecule has 0 spiro atoms. The summed E-state index contributed by atoms with van der Waals surface area (Å²) in [5, 5.41) is 2.63. The number of esters is 1. The molecule has 0 heterocycles. The smallest absolute Gasteiger partial charge is 0.339 e. The van der Waals surface area contributed by atoms with Gasteiger partial charge in [-0.15, -0.1) is 0 Å². The lowest BCUT2D eigenvalue weighted by Gasteiger charge is -2.10. The first-order chi connectivity index (χ1) is 10.0. The Kier molecular flexibility index (Phi) is 4.33. The van der Waals surface area contributed by atoms with Crippen LogP contribution in [0, 0.1) is 12.7 Å². The van der Waals surface area contributed by atoms with Gasteiger partial charge in [0.15, 0.2) is 0 Å². The van der Waals surface area contributed by atoms with Gasteiger partial charge in [-0.2, -0.15) is 0 Å². The van der Waals surface area contributed by atoms with Gasteiger partial charge in [-0.1, -0.05) is 11.6 Å². The normalized spacial score (nSPS) is 10.0. The summed E-state index contributed by atoms with van der Waals surface area (Å²) in [4.78, 5) is 23.8. The quantitative estimate of drug-likeness (QED) is 0.882. The molecule has 108 valence electrons. The summed E-state index contributed by atoms with van der Waals surface area (Å²) >= 11 is 0. The molecule has 0 saturated heterocycles. The van der Waals surface area contributed by atoms with E-state index in [-0.39, 0.29) is 5.56 Å². The fraction of sp³-hybridized carbons (Fsp3) is 0.125. The summed E-state index contributed by atoms with van der Waals surface area (Å²) in [6.07, 6.45) is 0. The van der Waals surface area contributed by atoms with Crippen molar-refractivity contribution in [1.29, 1.82) is 0 Å². The molecule has 2 aromatic rings. The van der Waals surface area contributed by atoms with Gasteiger partial charge in [-0.25, -0.2) is 9.18 Å². The molecule has 1 N–H and O–H groups in total. The zero-order valence-electron chi connectivity index (χ0n) is 11.6. The highest BCUT2D eigenvalue weighted by Crippen LogP contribution is 2.19. The van der Waals surface area contributed by atoms with Crippen LogP contribution in [-0.4, -0.2) is 19.0 Å². The molecule has 0 aliphatic carbocycles. The third kappa shape index (κ3) is 3.45. The highest BCUT2D eigenvalue weighted by atomic mass is 19.1. The second-order valence-electron chi connectivity index (χ2n) is 4.50. The number of hydrogen-bond donors (Lipinski definition) is 1. The van der Waals surface area contributed by atoms with Crippen molar-refractivity contribution >= 4 is 17.6 Å². The minimum atomic E-state index is -0.534. The molecule has 5 heteroatoms. The Bertz CT molecular complexity index is 680. The number of rotatable bonds is 3. The van der Waals surface area contributed by atoms with E-state index < -0.39 is 17.7 Å². The molecule has 0 unspecified atom stereocenters. The fourth-order valence-electron chi connectivity index (χ4n) is 1.84. The molecule has 4 nitrogen and oxygen atoms in total. The lowest BCUT2D eigenvalue weighted by atomic mass is 10.1. The molecule has 0 saturated carbocycles. The van der Waals surface area contributed by atoms with E-state index in [1.807, 2.05) is 6.92 Å². The maximum atomic E-state index is 12.8. The molecule has 1 amide bonds. The topological polar surface area (TPSA) is 55.4 Å². The minimum Gasteiger partial charge on any atom is -0.465 e. The van der Waals surface area contributed by atoms with E-state index in [4.69, 9.17) is 4.74 Å². The number of amides is 1. The van der Waals surface area contributed by atoms with Crippen LogP contribution >= 0.6 is 0 Å². The average molecular weight is 287 g/mol. The fourth-order valence-corrected chi connectivity index (χ4v) is 1.84. The Hall–Kier alpha value is -2.69. The van der Waals surface area contributed by atoms with E-state index >= 15 is 0 Å². The maximum absolute atomic E-state index is 12.8. The predicted octanol–water partition coefficient (Wildman–Crippen LogP) is 3.17. The molecule has 0 aliphatic heterocycles. The lowest BCUT2D eigenvalue weighted by Crippen LogP contribution is -2.15. The number of ether oxygens (including phenoxy) is 1. The Balaban J connectivity index is 2.28. The van der Waals surface area contributed by atoms with E-state index in [1.165, 1.54) is 31.4 Å².